The number of ether oxygens (including phenoxy) is 1. The fourth-order valence-electron chi connectivity index (χ4n) is 4.73. The molecule has 1 aliphatic carbocycles. The maximum atomic E-state index is 11.3. The summed E-state index contributed by atoms with van der Waals surface area (Å²) in [6.07, 6.45) is 4.29. The zero-order valence-corrected chi connectivity index (χ0v) is 17.1. The van der Waals surface area contributed by atoms with Crippen LogP contribution in [0.25, 0.3) is 11.1 Å². The molecule has 28 heavy (non-hydrogen) atoms. The predicted molar refractivity (Wildman–Crippen MR) is 108 cm³/mol. The van der Waals surface area contributed by atoms with Crippen LogP contribution in [0.4, 0.5) is 5.69 Å². The summed E-state index contributed by atoms with van der Waals surface area (Å²) in [6, 6.07) is 4.28. The molecule has 5 heteroatoms. The summed E-state index contributed by atoms with van der Waals surface area (Å²) in [6.45, 7) is 8.08. The van der Waals surface area contributed by atoms with Gasteiger partial charge in [-0.05, 0) is 82.6 Å². The third kappa shape index (κ3) is 3.01. The van der Waals surface area contributed by atoms with E-state index in [9.17, 15) is 5.11 Å². The van der Waals surface area contributed by atoms with Gasteiger partial charge in [0.2, 0.25) is 0 Å². The van der Waals surface area contributed by atoms with Crippen LogP contribution in [0.2, 0.25) is 0 Å². The fourth-order valence-corrected chi connectivity index (χ4v) is 4.73. The summed E-state index contributed by atoms with van der Waals surface area (Å²) in [4.78, 5) is 4.97. The Labute approximate surface area is 165 Å². The highest BCUT2D eigenvalue weighted by Crippen LogP contribution is 2.46. The quantitative estimate of drug-likeness (QED) is 0.811. The summed E-state index contributed by atoms with van der Waals surface area (Å²) in [5.74, 6) is 1.43. The lowest BCUT2D eigenvalue weighted by Crippen LogP contribution is -2.24. The van der Waals surface area contributed by atoms with Gasteiger partial charge in [0.1, 0.15) is 11.9 Å². The molecule has 0 spiro atoms. The highest BCUT2D eigenvalue weighted by molar-refractivity contribution is 5.98. The van der Waals surface area contributed by atoms with E-state index in [2.05, 4.69) is 31.1 Å². The first-order valence-electron chi connectivity index (χ1n) is 10.4. The first-order valence-corrected chi connectivity index (χ1v) is 10.4. The Morgan fingerprint density at radius 3 is 2.57 bits per heavy atom. The van der Waals surface area contributed by atoms with Crippen LogP contribution in [0.5, 0.6) is 0 Å². The lowest BCUT2D eigenvalue weighted by molar-refractivity contribution is -0.0718. The third-order valence-electron chi connectivity index (χ3n) is 6.39. The molecule has 1 saturated heterocycles. The van der Waals surface area contributed by atoms with E-state index in [4.69, 9.17) is 14.3 Å². The molecule has 1 N–H and O–H groups in total. The fraction of sp³-hybridized carbons (Fsp3) is 0.565. The standard InChI is InChI=1S/C23H28N2O3/c1-12-20(13(2)28-25-12)15-9-16-11-18(14-5-6-14)24-21(16)17(10-15)22(26)19-7-8-23(3,4)27-19/h9-10,14,19,22,26H,5-8,11H2,1-4H3. The van der Waals surface area contributed by atoms with Gasteiger partial charge in [0.15, 0.2) is 0 Å². The summed E-state index contributed by atoms with van der Waals surface area (Å²) in [5.41, 5.74) is 7.06. The second kappa shape index (κ2) is 6.26. The van der Waals surface area contributed by atoms with Crippen molar-refractivity contribution in [2.24, 2.45) is 10.9 Å². The molecule has 1 aromatic carbocycles. The van der Waals surface area contributed by atoms with Crippen LogP contribution in [0.1, 0.15) is 68.2 Å². The highest BCUT2D eigenvalue weighted by Gasteiger charge is 2.39. The molecule has 3 aliphatic rings. The van der Waals surface area contributed by atoms with Crippen molar-refractivity contribution in [1.82, 2.24) is 5.16 Å². The van der Waals surface area contributed by atoms with Crippen LogP contribution < -0.4 is 0 Å². The largest absolute Gasteiger partial charge is 0.386 e. The van der Waals surface area contributed by atoms with Crippen LogP contribution in [-0.4, -0.2) is 27.7 Å². The zero-order chi connectivity index (χ0) is 19.6. The smallest absolute Gasteiger partial charge is 0.141 e. The lowest BCUT2D eigenvalue weighted by atomic mass is 9.91. The van der Waals surface area contributed by atoms with Gasteiger partial charge in [0.05, 0.1) is 23.1 Å². The molecule has 2 fully saturated rings. The van der Waals surface area contributed by atoms with Crippen LogP contribution in [0.3, 0.4) is 0 Å². The van der Waals surface area contributed by atoms with Crippen molar-refractivity contribution in [2.75, 3.05) is 0 Å². The first-order chi connectivity index (χ1) is 13.3. The summed E-state index contributed by atoms with van der Waals surface area (Å²) in [5, 5.41) is 15.4. The van der Waals surface area contributed by atoms with Crippen molar-refractivity contribution in [2.45, 2.75) is 77.6 Å². The average molecular weight is 380 g/mol. The molecule has 148 valence electrons. The Morgan fingerprint density at radius 2 is 1.96 bits per heavy atom. The number of aliphatic hydroxyl groups excluding tert-OH is 1. The topological polar surface area (TPSA) is 67.9 Å². The molecule has 3 heterocycles. The van der Waals surface area contributed by atoms with Crippen LogP contribution in [0.15, 0.2) is 21.6 Å². The first kappa shape index (κ1) is 18.1. The summed E-state index contributed by atoms with van der Waals surface area (Å²) < 4.78 is 11.6. The van der Waals surface area contributed by atoms with Gasteiger partial charge < -0.3 is 14.4 Å². The van der Waals surface area contributed by atoms with E-state index >= 15 is 0 Å². The van der Waals surface area contributed by atoms with Gasteiger partial charge in [0, 0.05) is 23.3 Å². The average Bonchev–Trinajstić information content (AvgIpc) is 3.18. The van der Waals surface area contributed by atoms with Crippen LogP contribution in [0, 0.1) is 19.8 Å². The third-order valence-corrected chi connectivity index (χ3v) is 6.39. The molecule has 2 aliphatic heterocycles. The molecule has 0 amide bonds. The Kier molecular flexibility index (Phi) is 4.04. The van der Waals surface area contributed by atoms with Gasteiger partial charge in [-0.2, -0.15) is 0 Å². The van der Waals surface area contributed by atoms with E-state index in [1.165, 1.54) is 24.1 Å². The number of rotatable bonds is 4. The molecule has 0 bridgehead atoms. The maximum absolute atomic E-state index is 11.3. The molecule has 0 radical (unpaired) electrons. The minimum atomic E-state index is -0.682. The second-order valence-electron chi connectivity index (χ2n) is 9.23. The number of hydrogen-bond donors (Lipinski definition) is 1. The van der Waals surface area contributed by atoms with Gasteiger partial charge in [-0.1, -0.05) is 5.16 Å². The van der Waals surface area contributed by atoms with Crippen molar-refractivity contribution in [3.05, 3.63) is 34.7 Å². The maximum Gasteiger partial charge on any atom is 0.141 e. The van der Waals surface area contributed by atoms with Gasteiger partial charge in [0.25, 0.3) is 0 Å². The second-order valence-corrected chi connectivity index (χ2v) is 9.23. The molecule has 1 aromatic heterocycles. The molecule has 2 aromatic rings. The number of aryl methyl sites for hydroxylation is 2. The number of nitrogens with zero attached hydrogens (tertiary/aromatic N) is 2. The normalized spacial score (nSPS) is 24.3. The number of aliphatic hydroxyl groups is 1. The van der Waals surface area contributed by atoms with E-state index in [0.29, 0.717) is 5.92 Å². The number of aromatic nitrogens is 1. The van der Waals surface area contributed by atoms with Crippen LogP contribution in [-0.2, 0) is 11.2 Å². The number of hydrogen-bond acceptors (Lipinski definition) is 5. The van der Waals surface area contributed by atoms with Gasteiger partial charge in [-0.15, -0.1) is 0 Å². The van der Waals surface area contributed by atoms with Crippen molar-refractivity contribution in [3.8, 4) is 11.1 Å². The van der Waals surface area contributed by atoms with Crippen molar-refractivity contribution in [1.29, 1.82) is 0 Å². The van der Waals surface area contributed by atoms with Crippen molar-refractivity contribution >= 4 is 11.4 Å². The highest BCUT2D eigenvalue weighted by atomic mass is 16.5. The molecule has 2 atom stereocenters. The molecular weight excluding hydrogens is 352 g/mol. The van der Waals surface area contributed by atoms with Gasteiger partial charge >= 0.3 is 0 Å². The SMILES string of the molecule is Cc1noc(C)c1-c1cc2c(c(C(O)C3CCC(C)(C)O3)c1)N=C(C1CC1)C2. The molecule has 5 nitrogen and oxygen atoms in total. The van der Waals surface area contributed by atoms with Crippen molar-refractivity contribution < 1.29 is 14.4 Å². The van der Waals surface area contributed by atoms with E-state index in [-0.39, 0.29) is 11.7 Å². The van der Waals surface area contributed by atoms with E-state index in [0.717, 1.165) is 53.1 Å². The summed E-state index contributed by atoms with van der Waals surface area (Å²) >= 11 is 0. The Balaban J connectivity index is 1.60. The molecule has 1 saturated carbocycles. The summed E-state index contributed by atoms with van der Waals surface area (Å²) in [7, 11) is 0. The van der Waals surface area contributed by atoms with Crippen LogP contribution >= 0.6 is 0 Å². The number of aliphatic imine (C=N–C) groups is 1. The molecule has 2 unspecified atom stereocenters. The van der Waals surface area contributed by atoms with Gasteiger partial charge in [-0.25, -0.2) is 0 Å². The number of benzene rings is 1. The Bertz CT molecular complexity index is 949. The minimum absolute atomic E-state index is 0.184. The Hall–Kier alpha value is -1.98. The van der Waals surface area contributed by atoms with Gasteiger partial charge in [-0.3, -0.25) is 4.99 Å². The van der Waals surface area contributed by atoms with E-state index in [1.807, 2.05) is 13.8 Å². The molecular formula is C23H28N2O3. The molecule has 5 rings (SSSR count). The Morgan fingerprint density at radius 1 is 1.18 bits per heavy atom. The van der Waals surface area contributed by atoms with E-state index in [1.54, 1.807) is 0 Å². The minimum Gasteiger partial charge on any atom is -0.386 e. The van der Waals surface area contributed by atoms with E-state index < -0.39 is 6.10 Å². The predicted octanol–water partition coefficient (Wildman–Crippen LogP) is 4.99. The monoisotopic (exact) mass is 380 g/mol. The van der Waals surface area contributed by atoms with Crippen molar-refractivity contribution in [3.63, 3.8) is 0 Å². The zero-order valence-electron chi connectivity index (χ0n) is 17.1. The lowest BCUT2D eigenvalue weighted by Gasteiger charge is -2.24. The number of fused-ring (bicyclic) bond motifs is 1.